The zero-order valence-corrected chi connectivity index (χ0v) is 13.4. The molecule has 0 aromatic heterocycles. The first kappa shape index (κ1) is 17.4. The lowest BCUT2D eigenvalue weighted by molar-refractivity contribution is -0.386. The van der Waals surface area contributed by atoms with Crippen molar-refractivity contribution in [1.82, 2.24) is 5.32 Å². The first-order valence-electron chi connectivity index (χ1n) is 7.58. The molecule has 0 aliphatic carbocycles. The quantitative estimate of drug-likeness (QED) is 0.554. The minimum absolute atomic E-state index is 0.0208. The normalized spacial score (nSPS) is 12.4. The Morgan fingerprint density at radius 3 is 2.62 bits per heavy atom. The van der Waals surface area contributed by atoms with Gasteiger partial charge in [-0.15, -0.1) is 0 Å². The molecule has 0 bridgehead atoms. The van der Waals surface area contributed by atoms with E-state index in [1.165, 1.54) is 6.07 Å². The SMILES string of the molecule is CCCC(C)Oc1cc(CNCC(C)C)ccc1[N+](=O)[O-]. The molecule has 0 aliphatic heterocycles. The van der Waals surface area contributed by atoms with E-state index in [9.17, 15) is 10.1 Å². The van der Waals surface area contributed by atoms with Crippen LogP contribution in [0.4, 0.5) is 5.69 Å². The van der Waals surface area contributed by atoms with Crippen molar-refractivity contribution in [3.8, 4) is 5.75 Å². The Bertz CT molecular complexity index is 461. The third kappa shape index (κ3) is 6.12. The zero-order chi connectivity index (χ0) is 15.8. The second kappa shape index (κ2) is 8.62. The molecule has 1 rings (SSSR count). The Balaban J connectivity index is 2.82. The van der Waals surface area contributed by atoms with Crippen LogP contribution in [0.15, 0.2) is 18.2 Å². The summed E-state index contributed by atoms with van der Waals surface area (Å²) in [5, 5.41) is 14.4. The van der Waals surface area contributed by atoms with Crippen molar-refractivity contribution in [3.05, 3.63) is 33.9 Å². The molecule has 0 fully saturated rings. The Morgan fingerprint density at radius 2 is 2.05 bits per heavy atom. The predicted molar refractivity (Wildman–Crippen MR) is 84.6 cm³/mol. The number of hydrogen-bond acceptors (Lipinski definition) is 4. The number of nitrogens with zero attached hydrogens (tertiary/aromatic N) is 1. The largest absolute Gasteiger partial charge is 0.484 e. The Kier molecular flexibility index (Phi) is 7.15. The molecule has 0 heterocycles. The minimum Gasteiger partial charge on any atom is -0.484 e. The molecule has 1 N–H and O–H groups in total. The van der Waals surface area contributed by atoms with Crippen LogP contribution in [-0.4, -0.2) is 17.6 Å². The first-order valence-corrected chi connectivity index (χ1v) is 7.58. The Morgan fingerprint density at radius 1 is 1.33 bits per heavy atom. The molecular weight excluding hydrogens is 268 g/mol. The summed E-state index contributed by atoms with van der Waals surface area (Å²) in [5.74, 6) is 0.938. The number of rotatable bonds is 9. The van der Waals surface area contributed by atoms with Crippen LogP contribution in [0.1, 0.15) is 46.1 Å². The average molecular weight is 294 g/mol. The van der Waals surface area contributed by atoms with Crippen LogP contribution in [0, 0.1) is 16.0 Å². The summed E-state index contributed by atoms with van der Waals surface area (Å²) in [4.78, 5) is 10.7. The summed E-state index contributed by atoms with van der Waals surface area (Å²) in [6.07, 6.45) is 1.85. The predicted octanol–water partition coefficient (Wildman–Crippen LogP) is 3.91. The van der Waals surface area contributed by atoms with Crippen molar-refractivity contribution in [2.24, 2.45) is 5.92 Å². The smallest absolute Gasteiger partial charge is 0.310 e. The van der Waals surface area contributed by atoms with E-state index in [1.807, 2.05) is 6.92 Å². The molecule has 1 unspecified atom stereocenters. The number of ether oxygens (including phenoxy) is 1. The summed E-state index contributed by atoms with van der Waals surface area (Å²) in [6, 6.07) is 5.08. The standard InChI is InChI=1S/C16H26N2O3/c1-5-6-13(4)21-16-9-14(11-17-10-12(2)3)7-8-15(16)18(19)20/h7-9,12-13,17H,5-6,10-11H2,1-4H3. The van der Waals surface area contributed by atoms with Crippen molar-refractivity contribution in [3.63, 3.8) is 0 Å². The fraction of sp³-hybridized carbons (Fsp3) is 0.625. The van der Waals surface area contributed by atoms with E-state index < -0.39 is 0 Å². The van der Waals surface area contributed by atoms with Crippen LogP contribution < -0.4 is 10.1 Å². The number of benzene rings is 1. The third-order valence-electron chi connectivity index (χ3n) is 3.13. The van der Waals surface area contributed by atoms with Crippen molar-refractivity contribution in [2.45, 2.75) is 53.2 Å². The van der Waals surface area contributed by atoms with E-state index in [1.54, 1.807) is 12.1 Å². The fourth-order valence-electron chi connectivity index (χ4n) is 2.10. The van der Waals surface area contributed by atoms with E-state index >= 15 is 0 Å². The topological polar surface area (TPSA) is 64.4 Å². The second-order valence-electron chi connectivity index (χ2n) is 5.80. The molecule has 5 nitrogen and oxygen atoms in total. The maximum atomic E-state index is 11.1. The van der Waals surface area contributed by atoms with E-state index in [4.69, 9.17) is 4.74 Å². The first-order chi connectivity index (χ1) is 9.93. The van der Waals surface area contributed by atoms with Gasteiger partial charge in [-0.25, -0.2) is 0 Å². The summed E-state index contributed by atoms with van der Waals surface area (Å²) in [7, 11) is 0. The Hall–Kier alpha value is -1.62. The van der Waals surface area contributed by atoms with Crippen molar-refractivity contribution < 1.29 is 9.66 Å². The Labute approximate surface area is 126 Å². The van der Waals surface area contributed by atoms with Gasteiger partial charge in [0, 0.05) is 12.6 Å². The summed E-state index contributed by atoms with van der Waals surface area (Å²) < 4.78 is 5.75. The zero-order valence-electron chi connectivity index (χ0n) is 13.4. The van der Waals surface area contributed by atoms with Gasteiger partial charge in [-0.3, -0.25) is 10.1 Å². The van der Waals surface area contributed by atoms with Gasteiger partial charge < -0.3 is 10.1 Å². The molecule has 0 saturated heterocycles. The highest BCUT2D eigenvalue weighted by atomic mass is 16.6. The van der Waals surface area contributed by atoms with E-state index in [-0.39, 0.29) is 16.7 Å². The molecule has 21 heavy (non-hydrogen) atoms. The van der Waals surface area contributed by atoms with Crippen LogP contribution in [0.2, 0.25) is 0 Å². The highest BCUT2D eigenvalue weighted by Gasteiger charge is 2.17. The van der Waals surface area contributed by atoms with Gasteiger partial charge in [-0.05, 0) is 37.4 Å². The highest BCUT2D eigenvalue weighted by molar-refractivity contribution is 5.48. The fourth-order valence-corrected chi connectivity index (χ4v) is 2.10. The minimum atomic E-state index is -0.390. The van der Waals surface area contributed by atoms with Crippen LogP contribution in [-0.2, 0) is 6.54 Å². The van der Waals surface area contributed by atoms with Crippen molar-refractivity contribution in [2.75, 3.05) is 6.54 Å². The molecule has 1 aromatic rings. The molecule has 5 heteroatoms. The number of nitro groups is 1. The van der Waals surface area contributed by atoms with Gasteiger partial charge in [0.25, 0.3) is 0 Å². The molecule has 0 amide bonds. The maximum Gasteiger partial charge on any atom is 0.310 e. The monoisotopic (exact) mass is 294 g/mol. The maximum absolute atomic E-state index is 11.1. The van der Waals surface area contributed by atoms with Gasteiger partial charge in [0.1, 0.15) is 0 Å². The second-order valence-corrected chi connectivity index (χ2v) is 5.80. The molecule has 0 aliphatic rings. The van der Waals surface area contributed by atoms with Crippen molar-refractivity contribution in [1.29, 1.82) is 0 Å². The van der Waals surface area contributed by atoms with Gasteiger partial charge in [-0.1, -0.05) is 33.3 Å². The number of nitro benzene ring substituents is 1. The molecule has 0 saturated carbocycles. The molecule has 0 spiro atoms. The third-order valence-corrected chi connectivity index (χ3v) is 3.13. The van der Waals surface area contributed by atoms with Gasteiger partial charge >= 0.3 is 5.69 Å². The molecule has 118 valence electrons. The summed E-state index contributed by atoms with van der Waals surface area (Å²) in [5.41, 5.74) is 1.03. The average Bonchev–Trinajstić information content (AvgIpc) is 2.38. The van der Waals surface area contributed by atoms with Gasteiger partial charge in [-0.2, -0.15) is 0 Å². The van der Waals surface area contributed by atoms with Gasteiger partial charge in [0.15, 0.2) is 5.75 Å². The number of nitrogens with one attached hydrogen (secondary N) is 1. The lowest BCUT2D eigenvalue weighted by Crippen LogP contribution is -2.19. The summed E-state index contributed by atoms with van der Waals surface area (Å²) >= 11 is 0. The van der Waals surface area contributed by atoms with Crippen LogP contribution in [0.3, 0.4) is 0 Å². The van der Waals surface area contributed by atoms with Crippen molar-refractivity contribution >= 4 is 5.69 Å². The summed E-state index contributed by atoms with van der Waals surface area (Å²) in [6.45, 7) is 9.90. The van der Waals surface area contributed by atoms with E-state index in [0.717, 1.165) is 24.9 Å². The molecule has 1 atom stereocenters. The van der Waals surface area contributed by atoms with Gasteiger partial charge in [0.2, 0.25) is 0 Å². The van der Waals surface area contributed by atoms with E-state index in [0.29, 0.717) is 18.2 Å². The van der Waals surface area contributed by atoms with Gasteiger partial charge in [0.05, 0.1) is 11.0 Å². The highest BCUT2D eigenvalue weighted by Crippen LogP contribution is 2.29. The molecule has 1 aromatic carbocycles. The van der Waals surface area contributed by atoms with Crippen LogP contribution in [0.5, 0.6) is 5.75 Å². The van der Waals surface area contributed by atoms with Crippen LogP contribution >= 0.6 is 0 Å². The number of hydrogen-bond donors (Lipinski definition) is 1. The van der Waals surface area contributed by atoms with Crippen LogP contribution in [0.25, 0.3) is 0 Å². The lowest BCUT2D eigenvalue weighted by atomic mass is 10.1. The molecular formula is C16H26N2O3. The van der Waals surface area contributed by atoms with E-state index in [2.05, 4.69) is 26.1 Å². The lowest BCUT2D eigenvalue weighted by Gasteiger charge is -2.15. The molecule has 0 radical (unpaired) electrons.